The van der Waals surface area contributed by atoms with E-state index in [0.717, 1.165) is 55.1 Å². The molecule has 0 radical (unpaired) electrons. The van der Waals surface area contributed by atoms with Crippen LogP contribution in [0.15, 0.2) is 57.2 Å². The standard InChI is InChI=1S/C23H30N4OS/c1-3-8-19-18-9-5-6-10-21(18)29-22-12-11-17(16-20(22)26-19)23(28)25-13-7-15-27(24)14-4-2/h5-6,9-12,16H,3-4,7-8,13-15,24H2,1-2H3,(H,25,28). The fraction of sp³-hybridized carbons (Fsp3) is 0.391. The van der Waals surface area contributed by atoms with E-state index in [2.05, 4.69) is 43.4 Å². The molecular formula is C23H30N4OS. The number of nitrogens with one attached hydrogen (secondary N) is 1. The second kappa shape index (κ2) is 10.6. The molecule has 1 aliphatic heterocycles. The molecule has 2 aromatic rings. The monoisotopic (exact) mass is 410 g/mol. The van der Waals surface area contributed by atoms with E-state index in [4.69, 9.17) is 10.8 Å². The summed E-state index contributed by atoms with van der Waals surface area (Å²) in [6.07, 6.45) is 3.81. The number of fused-ring (bicyclic) bond motifs is 2. The topological polar surface area (TPSA) is 70.7 Å². The summed E-state index contributed by atoms with van der Waals surface area (Å²) >= 11 is 1.72. The lowest BCUT2D eigenvalue weighted by atomic mass is 10.1. The van der Waals surface area contributed by atoms with Crippen LogP contribution in [0, 0.1) is 0 Å². The Balaban J connectivity index is 1.72. The highest BCUT2D eigenvalue weighted by Crippen LogP contribution is 2.41. The molecule has 29 heavy (non-hydrogen) atoms. The molecule has 5 nitrogen and oxygen atoms in total. The van der Waals surface area contributed by atoms with E-state index in [1.165, 1.54) is 10.5 Å². The van der Waals surface area contributed by atoms with Gasteiger partial charge in [-0.15, -0.1) is 0 Å². The molecule has 0 saturated heterocycles. The normalized spacial score (nSPS) is 12.8. The van der Waals surface area contributed by atoms with Crippen LogP contribution in [0.5, 0.6) is 0 Å². The van der Waals surface area contributed by atoms with Crippen LogP contribution in [0.1, 0.15) is 55.5 Å². The zero-order chi connectivity index (χ0) is 20.6. The highest BCUT2D eigenvalue weighted by Gasteiger charge is 2.18. The lowest BCUT2D eigenvalue weighted by Crippen LogP contribution is -2.35. The number of rotatable bonds is 9. The number of hydrogen-bond donors (Lipinski definition) is 2. The molecule has 2 aromatic carbocycles. The SMILES string of the molecule is CCCC1=Nc2cc(C(=O)NCCCN(N)CCC)ccc2Sc2ccccc21. The second-order valence-corrected chi connectivity index (χ2v) is 8.32. The van der Waals surface area contributed by atoms with E-state index in [9.17, 15) is 4.79 Å². The third kappa shape index (κ3) is 5.69. The van der Waals surface area contributed by atoms with Gasteiger partial charge in [0.1, 0.15) is 0 Å². The van der Waals surface area contributed by atoms with Crippen LogP contribution >= 0.6 is 11.8 Å². The number of nitrogens with two attached hydrogens (primary N) is 1. The number of benzene rings is 2. The Morgan fingerprint density at radius 2 is 1.93 bits per heavy atom. The molecule has 0 atom stereocenters. The molecule has 0 fully saturated rings. The molecule has 3 rings (SSSR count). The van der Waals surface area contributed by atoms with Crippen LogP contribution in [0.4, 0.5) is 5.69 Å². The molecule has 154 valence electrons. The molecule has 6 heteroatoms. The van der Waals surface area contributed by atoms with Crippen LogP contribution in [-0.2, 0) is 0 Å². The maximum atomic E-state index is 12.6. The fourth-order valence-corrected chi connectivity index (χ4v) is 4.39. The van der Waals surface area contributed by atoms with Crippen LogP contribution in [0.25, 0.3) is 0 Å². The van der Waals surface area contributed by atoms with Crippen molar-refractivity contribution < 1.29 is 4.79 Å². The molecule has 1 heterocycles. The van der Waals surface area contributed by atoms with E-state index < -0.39 is 0 Å². The van der Waals surface area contributed by atoms with Crippen LogP contribution in [0.3, 0.4) is 0 Å². The van der Waals surface area contributed by atoms with Gasteiger partial charge in [-0.25, -0.2) is 5.01 Å². The summed E-state index contributed by atoms with van der Waals surface area (Å²) < 4.78 is 0. The Morgan fingerprint density at radius 1 is 1.10 bits per heavy atom. The van der Waals surface area contributed by atoms with Gasteiger partial charge in [0.15, 0.2) is 0 Å². The molecule has 0 unspecified atom stereocenters. The van der Waals surface area contributed by atoms with Gasteiger partial charge in [-0.1, -0.05) is 50.2 Å². The van der Waals surface area contributed by atoms with Crippen molar-refractivity contribution in [2.24, 2.45) is 10.8 Å². The molecule has 3 N–H and O–H groups in total. The Labute approximate surface area is 177 Å². The van der Waals surface area contributed by atoms with Gasteiger partial charge < -0.3 is 5.32 Å². The number of carbonyl (C=O) groups is 1. The average Bonchev–Trinajstić information content (AvgIpc) is 2.87. The number of hydrogen-bond acceptors (Lipinski definition) is 5. The van der Waals surface area contributed by atoms with Crippen molar-refractivity contribution in [2.75, 3.05) is 19.6 Å². The zero-order valence-corrected chi connectivity index (χ0v) is 18.1. The van der Waals surface area contributed by atoms with Gasteiger partial charge in [0.25, 0.3) is 5.91 Å². The largest absolute Gasteiger partial charge is 0.352 e. The van der Waals surface area contributed by atoms with Crippen LogP contribution in [0.2, 0.25) is 0 Å². The van der Waals surface area contributed by atoms with Crippen molar-refractivity contribution in [3.63, 3.8) is 0 Å². The number of nitrogens with zero attached hydrogens (tertiary/aromatic N) is 2. The molecular weight excluding hydrogens is 380 g/mol. The zero-order valence-electron chi connectivity index (χ0n) is 17.3. The number of hydrazine groups is 1. The van der Waals surface area contributed by atoms with Gasteiger partial charge in [-0.3, -0.25) is 15.6 Å². The van der Waals surface area contributed by atoms with E-state index in [0.29, 0.717) is 12.1 Å². The van der Waals surface area contributed by atoms with Crippen LogP contribution < -0.4 is 11.2 Å². The van der Waals surface area contributed by atoms with Gasteiger partial charge in [-0.2, -0.15) is 0 Å². The Morgan fingerprint density at radius 3 is 2.72 bits per heavy atom. The predicted molar refractivity (Wildman–Crippen MR) is 121 cm³/mol. The molecule has 1 amide bonds. The first kappa shape index (κ1) is 21.6. The summed E-state index contributed by atoms with van der Waals surface area (Å²) in [5.74, 6) is 5.82. The molecule has 0 saturated carbocycles. The third-order valence-electron chi connectivity index (χ3n) is 4.80. The Kier molecular flexibility index (Phi) is 7.86. The van der Waals surface area contributed by atoms with Crippen molar-refractivity contribution >= 4 is 29.1 Å². The number of amides is 1. The van der Waals surface area contributed by atoms with E-state index in [-0.39, 0.29) is 5.91 Å². The van der Waals surface area contributed by atoms with Crippen molar-refractivity contribution in [3.8, 4) is 0 Å². The fourth-order valence-electron chi connectivity index (χ4n) is 3.36. The molecule has 0 aliphatic carbocycles. The van der Waals surface area contributed by atoms with Crippen molar-refractivity contribution in [3.05, 3.63) is 53.6 Å². The Hall–Kier alpha value is -2.15. The van der Waals surface area contributed by atoms with Gasteiger partial charge in [0.05, 0.1) is 5.69 Å². The first-order valence-electron chi connectivity index (χ1n) is 10.4. The lowest BCUT2D eigenvalue weighted by Gasteiger charge is -2.15. The summed E-state index contributed by atoms with van der Waals surface area (Å²) in [4.78, 5) is 19.8. The second-order valence-electron chi connectivity index (χ2n) is 7.23. The van der Waals surface area contributed by atoms with Crippen molar-refractivity contribution in [2.45, 2.75) is 49.3 Å². The highest BCUT2D eigenvalue weighted by molar-refractivity contribution is 7.99. The molecule has 0 aromatic heterocycles. The van der Waals surface area contributed by atoms with Gasteiger partial charge in [-0.05, 0) is 43.5 Å². The number of carbonyl (C=O) groups excluding carboxylic acids is 1. The first-order valence-corrected chi connectivity index (χ1v) is 11.2. The molecule has 0 spiro atoms. The Bertz CT molecular complexity index is 881. The first-order chi connectivity index (χ1) is 14.1. The maximum absolute atomic E-state index is 12.6. The minimum Gasteiger partial charge on any atom is -0.352 e. The van der Waals surface area contributed by atoms with Crippen LogP contribution in [-0.4, -0.2) is 36.3 Å². The summed E-state index contributed by atoms with van der Waals surface area (Å²) in [5, 5.41) is 4.79. The summed E-state index contributed by atoms with van der Waals surface area (Å²) in [5.41, 5.74) is 3.80. The molecule has 0 bridgehead atoms. The average molecular weight is 411 g/mol. The predicted octanol–water partition coefficient (Wildman–Crippen LogP) is 4.78. The third-order valence-corrected chi connectivity index (χ3v) is 5.94. The van der Waals surface area contributed by atoms with Crippen molar-refractivity contribution in [1.29, 1.82) is 0 Å². The van der Waals surface area contributed by atoms with Gasteiger partial charge >= 0.3 is 0 Å². The highest BCUT2D eigenvalue weighted by atomic mass is 32.2. The quantitative estimate of drug-likeness (QED) is 0.355. The lowest BCUT2D eigenvalue weighted by molar-refractivity contribution is 0.0951. The van der Waals surface area contributed by atoms with Gasteiger partial charge in [0.2, 0.25) is 0 Å². The number of aliphatic imine (C=N–C) groups is 1. The van der Waals surface area contributed by atoms with E-state index >= 15 is 0 Å². The van der Waals surface area contributed by atoms with E-state index in [1.807, 2.05) is 18.2 Å². The minimum absolute atomic E-state index is 0.0640. The minimum atomic E-state index is -0.0640. The molecule has 1 aliphatic rings. The summed E-state index contributed by atoms with van der Waals surface area (Å²) in [7, 11) is 0. The smallest absolute Gasteiger partial charge is 0.251 e. The van der Waals surface area contributed by atoms with Gasteiger partial charge in [0, 0.05) is 46.3 Å². The maximum Gasteiger partial charge on any atom is 0.251 e. The van der Waals surface area contributed by atoms with Crippen molar-refractivity contribution in [1.82, 2.24) is 10.3 Å². The van der Waals surface area contributed by atoms with E-state index in [1.54, 1.807) is 16.8 Å². The summed E-state index contributed by atoms with van der Waals surface area (Å²) in [6.45, 7) is 6.52. The summed E-state index contributed by atoms with van der Waals surface area (Å²) in [6, 6.07) is 14.2.